The van der Waals surface area contributed by atoms with Crippen LogP contribution < -0.4 is 0 Å². The van der Waals surface area contributed by atoms with Gasteiger partial charge in [-0.25, -0.2) is 0 Å². The van der Waals surface area contributed by atoms with Crippen molar-refractivity contribution >= 4 is 23.6 Å². The van der Waals surface area contributed by atoms with Crippen LogP contribution in [0.1, 0.15) is 36.2 Å². The minimum atomic E-state index is -0.0631. The summed E-state index contributed by atoms with van der Waals surface area (Å²) in [5.41, 5.74) is 3.80. The first-order valence-electron chi connectivity index (χ1n) is 10.6. The zero-order valence-electron chi connectivity index (χ0n) is 18.3. The molecule has 2 aromatic heterocycles. The Morgan fingerprint density at radius 3 is 2.58 bits per heavy atom. The number of carbonyl (C=O) groups is 1. The summed E-state index contributed by atoms with van der Waals surface area (Å²) in [6.45, 7) is 8.01. The van der Waals surface area contributed by atoms with Crippen molar-refractivity contribution in [3.8, 4) is 0 Å². The van der Waals surface area contributed by atoms with Crippen molar-refractivity contribution in [1.82, 2.24) is 19.7 Å². The van der Waals surface area contributed by atoms with E-state index in [-0.39, 0.29) is 5.91 Å². The highest BCUT2D eigenvalue weighted by Crippen LogP contribution is 2.22. The van der Waals surface area contributed by atoms with Gasteiger partial charge in [-0.05, 0) is 42.5 Å². The SMILES string of the molecule is Cc1nn(CC(C)C)c(Cl)c1C=CC(=O)N(CCc1ccccc1)Cc1cccnc1. The Balaban J connectivity index is 1.76. The van der Waals surface area contributed by atoms with Crippen LogP contribution in [-0.4, -0.2) is 32.1 Å². The smallest absolute Gasteiger partial charge is 0.246 e. The lowest BCUT2D eigenvalue weighted by atomic mass is 10.1. The number of rotatable bonds is 9. The molecule has 0 saturated heterocycles. The molecule has 1 aromatic carbocycles. The second-order valence-electron chi connectivity index (χ2n) is 8.06. The van der Waals surface area contributed by atoms with Gasteiger partial charge >= 0.3 is 0 Å². The Hall–Kier alpha value is -2.92. The molecule has 1 amide bonds. The standard InChI is InChI=1S/C25H29ClN4O/c1-19(2)17-30-25(26)23(20(3)28-30)11-12-24(31)29(18-22-10-7-14-27-16-22)15-13-21-8-5-4-6-9-21/h4-12,14,16,19H,13,15,17-18H2,1-3H3. The third kappa shape index (κ3) is 6.53. The number of benzene rings is 1. The van der Waals surface area contributed by atoms with E-state index in [1.807, 2.05) is 42.2 Å². The van der Waals surface area contributed by atoms with Gasteiger partial charge in [-0.1, -0.05) is 61.8 Å². The zero-order valence-corrected chi connectivity index (χ0v) is 19.1. The molecule has 162 valence electrons. The lowest BCUT2D eigenvalue weighted by molar-refractivity contribution is -0.126. The molecule has 0 aliphatic carbocycles. The van der Waals surface area contributed by atoms with Crippen molar-refractivity contribution < 1.29 is 4.79 Å². The van der Waals surface area contributed by atoms with Crippen LogP contribution in [0.15, 0.2) is 60.9 Å². The summed E-state index contributed by atoms with van der Waals surface area (Å²) in [6, 6.07) is 14.1. The van der Waals surface area contributed by atoms with Gasteiger partial charge in [0, 0.05) is 43.7 Å². The van der Waals surface area contributed by atoms with E-state index >= 15 is 0 Å². The highest BCUT2D eigenvalue weighted by molar-refractivity contribution is 6.31. The predicted octanol–water partition coefficient (Wildman–Crippen LogP) is 5.18. The summed E-state index contributed by atoms with van der Waals surface area (Å²) in [7, 11) is 0. The summed E-state index contributed by atoms with van der Waals surface area (Å²) in [5.74, 6) is 0.370. The van der Waals surface area contributed by atoms with Crippen LogP contribution >= 0.6 is 11.6 Å². The molecular formula is C25H29ClN4O. The van der Waals surface area contributed by atoms with Gasteiger partial charge in [0.15, 0.2) is 0 Å². The van der Waals surface area contributed by atoms with E-state index < -0.39 is 0 Å². The van der Waals surface area contributed by atoms with Gasteiger partial charge in [-0.2, -0.15) is 5.10 Å². The maximum absolute atomic E-state index is 13.1. The molecule has 0 spiro atoms. The second kappa shape index (κ2) is 10.9. The molecule has 0 atom stereocenters. The van der Waals surface area contributed by atoms with E-state index in [9.17, 15) is 4.79 Å². The molecule has 5 nitrogen and oxygen atoms in total. The molecule has 0 saturated carbocycles. The van der Waals surface area contributed by atoms with Crippen molar-refractivity contribution in [2.24, 2.45) is 5.92 Å². The molecule has 31 heavy (non-hydrogen) atoms. The zero-order chi connectivity index (χ0) is 22.2. The van der Waals surface area contributed by atoms with Crippen molar-refractivity contribution in [3.05, 3.63) is 88.5 Å². The van der Waals surface area contributed by atoms with Crippen LogP contribution in [0, 0.1) is 12.8 Å². The van der Waals surface area contributed by atoms with E-state index in [4.69, 9.17) is 11.6 Å². The Morgan fingerprint density at radius 2 is 1.90 bits per heavy atom. The molecule has 0 unspecified atom stereocenters. The minimum Gasteiger partial charge on any atom is -0.334 e. The van der Waals surface area contributed by atoms with Crippen LogP contribution in [0.25, 0.3) is 6.08 Å². The molecule has 3 aromatic rings. The Morgan fingerprint density at radius 1 is 1.16 bits per heavy atom. The van der Waals surface area contributed by atoms with Gasteiger partial charge < -0.3 is 4.90 Å². The quantitative estimate of drug-likeness (QED) is 0.434. The molecule has 0 radical (unpaired) electrons. The van der Waals surface area contributed by atoms with E-state index in [0.29, 0.717) is 24.2 Å². The van der Waals surface area contributed by atoms with Gasteiger partial charge in [-0.15, -0.1) is 0 Å². The normalized spacial score (nSPS) is 11.4. The molecule has 0 fully saturated rings. The Labute approximate surface area is 189 Å². The van der Waals surface area contributed by atoms with E-state index in [0.717, 1.165) is 29.8 Å². The fraction of sp³-hybridized carbons (Fsp3) is 0.320. The molecule has 0 bridgehead atoms. The van der Waals surface area contributed by atoms with Gasteiger partial charge in [0.05, 0.1) is 5.69 Å². The average molecular weight is 437 g/mol. The van der Waals surface area contributed by atoms with Gasteiger partial charge in [0.2, 0.25) is 5.91 Å². The third-order valence-electron chi connectivity index (χ3n) is 4.96. The third-order valence-corrected chi connectivity index (χ3v) is 5.36. The maximum atomic E-state index is 13.1. The number of aryl methyl sites for hydroxylation is 1. The van der Waals surface area contributed by atoms with Crippen molar-refractivity contribution in [3.63, 3.8) is 0 Å². The number of pyridine rings is 1. The van der Waals surface area contributed by atoms with Crippen LogP contribution in [0.4, 0.5) is 0 Å². The highest BCUT2D eigenvalue weighted by atomic mass is 35.5. The Kier molecular flexibility index (Phi) is 8.01. The van der Waals surface area contributed by atoms with Gasteiger partial charge in [0.1, 0.15) is 5.15 Å². The fourth-order valence-electron chi connectivity index (χ4n) is 3.37. The summed E-state index contributed by atoms with van der Waals surface area (Å²) < 4.78 is 1.80. The molecule has 0 aliphatic heterocycles. The molecular weight excluding hydrogens is 408 g/mol. The van der Waals surface area contributed by atoms with Crippen molar-refractivity contribution in [2.75, 3.05) is 6.54 Å². The van der Waals surface area contributed by atoms with Crippen molar-refractivity contribution in [2.45, 2.75) is 40.3 Å². The number of aromatic nitrogens is 3. The number of halogens is 1. The van der Waals surface area contributed by atoms with E-state index in [2.05, 4.69) is 36.1 Å². The summed E-state index contributed by atoms with van der Waals surface area (Å²) in [4.78, 5) is 19.1. The summed E-state index contributed by atoms with van der Waals surface area (Å²) in [5, 5.41) is 5.09. The van der Waals surface area contributed by atoms with Crippen LogP contribution in [0.3, 0.4) is 0 Å². The van der Waals surface area contributed by atoms with Crippen LogP contribution in [0.5, 0.6) is 0 Å². The first-order chi connectivity index (χ1) is 14.9. The number of hydrogen-bond acceptors (Lipinski definition) is 3. The summed E-state index contributed by atoms with van der Waals surface area (Å²) in [6.07, 6.45) is 7.69. The lowest BCUT2D eigenvalue weighted by Gasteiger charge is -2.21. The monoisotopic (exact) mass is 436 g/mol. The Bertz CT molecular complexity index is 1010. The average Bonchev–Trinajstić information content (AvgIpc) is 3.02. The van der Waals surface area contributed by atoms with Gasteiger partial charge in [0.25, 0.3) is 0 Å². The number of amides is 1. The maximum Gasteiger partial charge on any atom is 0.246 e. The molecule has 6 heteroatoms. The molecule has 0 aliphatic rings. The topological polar surface area (TPSA) is 51.0 Å². The second-order valence-corrected chi connectivity index (χ2v) is 8.41. The number of hydrogen-bond donors (Lipinski definition) is 0. The largest absolute Gasteiger partial charge is 0.334 e. The van der Waals surface area contributed by atoms with E-state index in [1.54, 1.807) is 29.2 Å². The van der Waals surface area contributed by atoms with E-state index in [1.165, 1.54) is 5.56 Å². The summed E-state index contributed by atoms with van der Waals surface area (Å²) >= 11 is 6.52. The number of carbonyl (C=O) groups excluding carboxylic acids is 1. The highest BCUT2D eigenvalue weighted by Gasteiger charge is 2.15. The predicted molar refractivity (Wildman–Crippen MR) is 126 cm³/mol. The van der Waals surface area contributed by atoms with Crippen LogP contribution in [-0.2, 0) is 24.3 Å². The minimum absolute atomic E-state index is 0.0631. The molecule has 2 heterocycles. The van der Waals surface area contributed by atoms with Crippen LogP contribution in [0.2, 0.25) is 5.15 Å². The lowest BCUT2D eigenvalue weighted by Crippen LogP contribution is -2.31. The van der Waals surface area contributed by atoms with Crippen molar-refractivity contribution in [1.29, 1.82) is 0 Å². The van der Waals surface area contributed by atoms with Gasteiger partial charge in [-0.3, -0.25) is 14.5 Å². The molecule has 3 rings (SSSR count). The molecule has 0 N–H and O–H groups in total. The fourth-order valence-corrected chi connectivity index (χ4v) is 3.68. The first-order valence-corrected chi connectivity index (χ1v) is 10.9. The number of nitrogens with zero attached hydrogens (tertiary/aromatic N) is 4. The first kappa shape index (κ1) is 22.8.